The van der Waals surface area contributed by atoms with E-state index in [0.29, 0.717) is 10.7 Å². The van der Waals surface area contributed by atoms with Crippen LogP contribution in [0.1, 0.15) is 34.2 Å². The zero-order chi connectivity index (χ0) is 14.2. The standard InChI is InChI=1S/C14H15ClN2O2/c1-4-11-8(2)16-17(9(11)3)13-6-5-10(14(18)19)7-12(13)15/h5-7H,4H2,1-3H3,(H,18,19). The lowest BCUT2D eigenvalue weighted by Crippen LogP contribution is -2.03. The van der Waals surface area contributed by atoms with E-state index in [1.807, 2.05) is 13.8 Å². The van der Waals surface area contributed by atoms with E-state index in [2.05, 4.69) is 12.0 Å². The van der Waals surface area contributed by atoms with Gasteiger partial charge in [-0.15, -0.1) is 0 Å². The van der Waals surface area contributed by atoms with E-state index in [4.69, 9.17) is 16.7 Å². The van der Waals surface area contributed by atoms with Crippen molar-refractivity contribution in [3.8, 4) is 5.69 Å². The topological polar surface area (TPSA) is 55.1 Å². The van der Waals surface area contributed by atoms with E-state index >= 15 is 0 Å². The summed E-state index contributed by atoms with van der Waals surface area (Å²) in [6.07, 6.45) is 0.905. The first-order chi connectivity index (χ1) is 8.95. The summed E-state index contributed by atoms with van der Waals surface area (Å²) in [4.78, 5) is 10.9. The summed E-state index contributed by atoms with van der Waals surface area (Å²) in [7, 11) is 0. The van der Waals surface area contributed by atoms with Gasteiger partial charge < -0.3 is 5.11 Å². The van der Waals surface area contributed by atoms with Crippen LogP contribution in [0.3, 0.4) is 0 Å². The van der Waals surface area contributed by atoms with Gasteiger partial charge in [-0.3, -0.25) is 0 Å². The lowest BCUT2D eigenvalue weighted by atomic mass is 10.1. The third-order valence-corrected chi connectivity index (χ3v) is 3.52. The molecular weight excluding hydrogens is 264 g/mol. The number of aryl methyl sites for hydroxylation is 1. The van der Waals surface area contributed by atoms with Crippen LogP contribution in [-0.2, 0) is 6.42 Å². The first kappa shape index (κ1) is 13.6. The number of rotatable bonds is 3. The zero-order valence-corrected chi connectivity index (χ0v) is 11.8. The largest absolute Gasteiger partial charge is 0.478 e. The molecule has 0 aliphatic heterocycles. The molecule has 5 heteroatoms. The highest BCUT2D eigenvalue weighted by Crippen LogP contribution is 2.25. The number of halogens is 1. The van der Waals surface area contributed by atoms with Gasteiger partial charge in [0.15, 0.2) is 0 Å². The van der Waals surface area contributed by atoms with Crippen LogP contribution < -0.4 is 0 Å². The van der Waals surface area contributed by atoms with Crippen LogP contribution in [0, 0.1) is 13.8 Å². The maximum atomic E-state index is 10.9. The number of aromatic carboxylic acids is 1. The lowest BCUT2D eigenvalue weighted by molar-refractivity contribution is 0.0697. The quantitative estimate of drug-likeness (QED) is 0.936. The number of carboxylic acids is 1. The highest BCUT2D eigenvalue weighted by atomic mass is 35.5. The van der Waals surface area contributed by atoms with Crippen molar-refractivity contribution in [2.75, 3.05) is 0 Å². The molecule has 2 rings (SSSR count). The minimum Gasteiger partial charge on any atom is -0.478 e. The van der Waals surface area contributed by atoms with E-state index in [1.54, 1.807) is 10.7 Å². The molecule has 0 radical (unpaired) electrons. The van der Waals surface area contributed by atoms with Crippen LogP contribution in [0.2, 0.25) is 5.02 Å². The van der Waals surface area contributed by atoms with Gasteiger partial charge in [0.25, 0.3) is 0 Å². The van der Waals surface area contributed by atoms with Crippen molar-refractivity contribution >= 4 is 17.6 Å². The Hall–Kier alpha value is -1.81. The molecule has 1 aromatic carbocycles. The van der Waals surface area contributed by atoms with Gasteiger partial charge >= 0.3 is 5.97 Å². The lowest BCUT2D eigenvalue weighted by Gasteiger charge is -2.08. The molecule has 0 spiro atoms. The van der Waals surface area contributed by atoms with Gasteiger partial charge in [0.05, 0.1) is 22.0 Å². The van der Waals surface area contributed by atoms with Crippen LogP contribution in [0.4, 0.5) is 0 Å². The second-order valence-corrected chi connectivity index (χ2v) is 4.79. The smallest absolute Gasteiger partial charge is 0.335 e. The predicted octanol–water partition coefficient (Wildman–Crippen LogP) is 3.40. The molecule has 0 unspecified atom stereocenters. The second kappa shape index (κ2) is 5.05. The van der Waals surface area contributed by atoms with Crippen molar-refractivity contribution in [1.29, 1.82) is 0 Å². The van der Waals surface area contributed by atoms with Crippen LogP contribution in [-0.4, -0.2) is 20.9 Å². The molecule has 1 heterocycles. The van der Waals surface area contributed by atoms with Gasteiger partial charge in [0.2, 0.25) is 0 Å². The van der Waals surface area contributed by atoms with E-state index < -0.39 is 5.97 Å². The Labute approximate surface area is 116 Å². The Kier molecular flexibility index (Phi) is 3.62. The van der Waals surface area contributed by atoms with Crippen molar-refractivity contribution < 1.29 is 9.90 Å². The number of carboxylic acid groups (broad SMARTS) is 1. The fraction of sp³-hybridized carbons (Fsp3) is 0.286. The number of carbonyl (C=O) groups is 1. The van der Waals surface area contributed by atoms with Crippen LogP contribution in [0.25, 0.3) is 5.69 Å². The number of hydrogen-bond acceptors (Lipinski definition) is 2. The first-order valence-electron chi connectivity index (χ1n) is 6.04. The molecule has 0 saturated carbocycles. The molecule has 2 aromatic rings. The average molecular weight is 279 g/mol. The molecule has 1 N–H and O–H groups in total. The summed E-state index contributed by atoms with van der Waals surface area (Å²) >= 11 is 6.16. The maximum absolute atomic E-state index is 10.9. The minimum atomic E-state index is -0.990. The molecule has 0 amide bonds. The van der Waals surface area contributed by atoms with E-state index in [0.717, 1.165) is 17.8 Å². The molecule has 1 aromatic heterocycles. The molecule has 4 nitrogen and oxygen atoms in total. The summed E-state index contributed by atoms with van der Waals surface area (Å²) in [6, 6.07) is 4.66. The Balaban J connectivity index is 2.57. The van der Waals surface area contributed by atoms with Gasteiger partial charge in [-0.25, -0.2) is 9.48 Å². The monoisotopic (exact) mass is 278 g/mol. The van der Waals surface area contributed by atoms with Crippen LogP contribution in [0.5, 0.6) is 0 Å². The zero-order valence-electron chi connectivity index (χ0n) is 11.1. The molecule has 0 bridgehead atoms. The summed E-state index contributed by atoms with van der Waals surface area (Å²) in [6.45, 7) is 6.03. The Morgan fingerprint density at radius 3 is 2.58 bits per heavy atom. The van der Waals surface area contributed by atoms with E-state index in [9.17, 15) is 4.79 Å². The molecular formula is C14H15ClN2O2. The van der Waals surface area contributed by atoms with E-state index in [1.165, 1.54) is 17.7 Å². The van der Waals surface area contributed by atoms with Gasteiger partial charge in [0.1, 0.15) is 0 Å². The Morgan fingerprint density at radius 2 is 2.11 bits per heavy atom. The van der Waals surface area contributed by atoms with Crippen molar-refractivity contribution in [2.24, 2.45) is 0 Å². The SMILES string of the molecule is CCc1c(C)nn(-c2ccc(C(=O)O)cc2Cl)c1C. The van der Waals surface area contributed by atoms with Gasteiger partial charge in [-0.1, -0.05) is 18.5 Å². The molecule has 0 fully saturated rings. The fourth-order valence-electron chi connectivity index (χ4n) is 2.23. The van der Waals surface area contributed by atoms with Crippen molar-refractivity contribution in [3.05, 3.63) is 45.7 Å². The van der Waals surface area contributed by atoms with Crippen LogP contribution in [0.15, 0.2) is 18.2 Å². The number of benzene rings is 1. The molecule has 19 heavy (non-hydrogen) atoms. The molecule has 0 atom stereocenters. The summed E-state index contributed by atoms with van der Waals surface area (Å²) < 4.78 is 1.77. The number of nitrogens with zero attached hydrogens (tertiary/aromatic N) is 2. The number of aromatic nitrogens is 2. The van der Waals surface area contributed by atoms with Gasteiger partial charge in [-0.2, -0.15) is 5.10 Å². The van der Waals surface area contributed by atoms with Crippen molar-refractivity contribution in [1.82, 2.24) is 9.78 Å². The Morgan fingerprint density at radius 1 is 1.42 bits per heavy atom. The van der Waals surface area contributed by atoms with Crippen molar-refractivity contribution in [2.45, 2.75) is 27.2 Å². The number of hydrogen-bond donors (Lipinski definition) is 1. The maximum Gasteiger partial charge on any atom is 0.335 e. The molecule has 100 valence electrons. The van der Waals surface area contributed by atoms with Gasteiger partial charge in [0, 0.05) is 5.69 Å². The summed E-state index contributed by atoms with van der Waals surface area (Å²) in [5.41, 5.74) is 4.07. The third-order valence-electron chi connectivity index (χ3n) is 3.22. The highest BCUT2D eigenvalue weighted by Gasteiger charge is 2.14. The fourth-order valence-corrected chi connectivity index (χ4v) is 2.49. The second-order valence-electron chi connectivity index (χ2n) is 4.39. The molecule has 0 saturated heterocycles. The first-order valence-corrected chi connectivity index (χ1v) is 6.41. The minimum absolute atomic E-state index is 0.172. The molecule has 0 aliphatic rings. The summed E-state index contributed by atoms with van der Waals surface area (Å²) in [5, 5.41) is 13.8. The van der Waals surface area contributed by atoms with E-state index in [-0.39, 0.29) is 5.56 Å². The molecule has 0 aliphatic carbocycles. The average Bonchev–Trinajstić information content (AvgIpc) is 2.64. The van der Waals surface area contributed by atoms with Crippen molar-refractivity contribution in [3.63, 3.8) is 0 Å². The van der Waals surface area contributed by atoms with Crippen LogP contribution >= 0.6 is 11.6 Å². The normalized spacial score (nSPS) is 10.7. The van der Waals surface area contributed by atoms with Gasteiger partial charge in [-0.05, 0) is 44.0 Å². The Bertz CT molecular complexity index is 647. The summed E-state index contributed by atoms with van der Waals surface area (Å²) in [5.74, 6) is -0.990. The third kappa shape index (κ3) is 2.36. The highest BCUT2D eigenvalue weighted by molar-refractivity contribution is 6.32. The predicted molar refractivity (Wildman–Crippen MR) is 74.4 cm³/mol.